The first-order valence-corrected chi connectivity index (χ1v) is 10.1. The summed E-state index contributed by atoms with van der Waals surface area (Å²) in [6.07, 6.45) is 0.241. The van der Waals surface area contributed by atoms with Crippen LogP contribution in [0.4, 0.5) is 0 Å². The number of aromatic nitrogens is 1. The number of hydrogen-bond donors (Lipinski definition) is 0. The summed E-state index contributed by atoms with van der Waals surface area (Å²) in [6, 6.07) is 5.20. The van der Waals surface area contributed by atoms with Crippen LogP contribution in [-0.4, -0.2) is 36.2 Å². The zero-order valence-electron chi connectivity index (χ0n) is 13.3. The highest BCUT2D eigenvalue weighted by Gasteiger charge is 2.36. The van der Waals surface area contributed by atoms with E-state index in [2.05, 4.69) is 26.2 Å². The van der Waals surface area contributed by atoms with E-state index < -0.39 is 15.4 Å². The molecule has 1 aromatic heterocycles. The van der Waals surface area contributed by atoms with Crippen LogP contribution in [0.2, 0.25) is 0 Å². The molecule has 0 spiro atoms. The van der Waals surface area contributed by atoms with Crippen molar-refractivity contribution in [2.75, 3.05) is 11.9 Å². The Kier molecular flexibility index (Phi) is 4.56. The Hall–Kier alpha value is -1.61. The van der Waals surface area contributed by atoms with Gasteiger partial charge in [-0.25, -0.2) is 8.42 Å². The van der Waals surface area contributed by atoms with Crippen LogP contribution in [0.3, 0.4) is 0 Å². The predicted octanol–water partition coefficient (Wildman–Crippen LogP) is 3.03. The minimum Gasteiger partial charge on any atom is -0.493 e. The maximum atomic E-state index is 12.6. The second kappa shape index (κ2) is 6.36. The average molecular weight is 417 g/mol. The molecule has 0 saturated heterocycles. The van der Waals surface area contributed by atoms with Gasteiger partial charge in [-0.05, 0) is 32.0 Å². The van der Waals surface area contributed by atoms with E-state index in [1.807, 2.05) is 0 Å². The summed E-state index contributed by atoms with van der Waals surface area (Å²) in [5, 5.41) is 8.97. The number of hydrogen-bond acceptors (Lipinski definition) is 7. The Balaban J connectivity index is 1.87. The number of ether oxygens (including phenoxy) is 1. The van der Waals surface area contributed by atoms with Crippen LogP contribution in [-0.2, 0) is 20.4 Å². The van der Waals surface area contributed by atoms with Gasteiger partial charge >= 0.3 is 0 Å². The van der Waals surface area contributed by atoms with Crippen molar-refractivity contribution in [3.05, 3.63) is 23.9 Å². The van der Waals surface area contributed by atoms with Gasteiger partial charge in [-0.3, -0.25) is 0 Å². The third-order valence-electron chi connectivity index (χ3n) is 3.52. The quantitative estimate of drug-likeness (QED) is 0.695. The lowest BCUT2D eigenvalue weighted by molar-refractivity contribution is 0.0123. The number of oxime groups is 1. The van der Waals surface area contributed by atoms with E-state index >= 15 is 0 Å². The van der Waals surface area contributed by atoms with Crippen molar-refractivity contribution in [2.45, 2.75) is 31.6 Å². The van der Waals surface area contributed by atoms with Gasteiger partial charge in [0.2, 0.25) is 9.84 Å². The summed E-state index contributed by atoms with van der Waals surface area (Å²) in [5.41, 5.74) is 0.239. The third-order valence-corrected chi connectivity index (χ3v) is 5.43. The van der Waals surface area contributed by atoms with Gasteiger partial charge in [0.1, 0.15) is 22.8 Å². The molecule has 0 saturated carbocycles. The van der Waals surface area contributed by atoms with E-state index in [0.29, 0.717) is 34.3 Å². The largest absolute Gasteiger partial charge is 0.493 e. The number of fused-ring (bicyclic) bond motifs is 1. The predicted molar refractivity (Wildman–Crippen MR) is 93.1 cm³/mol. The fourth-order valence-electron chi connectivity index (χ4n) is 2.35. The van der Waals surface area contributed by atoms with E-state index in [-0.39, 0.29) is 17.2 Å². The van der Waals surface area contributed by atoms with Gasteiger partial charge in [0.05, 0.1) is 6.61 Å². The van der Waals surface area contributed by atoms with Crippen LogP contribution in [0, 0.1) is 0 Å². The lowest BCUT2D eigenvalue weighted by Crippen LogP contribution is -2.23. The van der Waals surface area contributed by atoms with Crippen LogP contribution in [0.25, 0.3) is 11.0 Å². The van der Waals surface area contributed by atoms with Crippen LogP contribution in [0.1, 0.15) is 26.0 Å². The number of alkyl halides is 1. The normalized spacial score (nSPS) is 16.9. The molecule has 0 aliphatic carbocycles. The van der Waals surface area contributed by atoms with E-state index in [1.54, 1.807) is 32.0 Å². The van der Waals surface area contributed by atoms with Crippen LogP contribution < -0.4 is 4.74 Å². The maximum Gasteiger partial charge on any atom is 0.200 e. The van der Waals surface area contributed by atoms with Crippen molar-refractivity contribution in [2.24, 2.45) is 5.16 Å². The molecule has 0 fully saturated rings. The Morgan fingerprint density at radius 2 is 2.17 bits per heavy atom. The molecule has 0 N–H and O–H groups in total. The first kappa shape index (κ1) is 17.2. The average Bonchev–Trinajstić information content (AvgIpc) is 3.08. The van der Waals surface area contributed by atoms with Crippen molar-refractivity contribution in [3.63, 3.8) is 0 Å². The summed E-state index contributed by atoms with van der Waals surface area (Å²) in [6.45, 7) is 4.09. The highest BCUT2D eigenvalue weighted by atomic mass is 79.9. The fourth-order valence-corrected chi connectivity index (χ4v) is 3.97. The topological polar surface area (TPSA) is 91.0 Å². The van der Waals surface area contributed by atoms with Gasteiger partial charge in [-0.15, -0.1) is 0 Å². The zero-order valence-corrected chi connectivity index (χ0v) is 15.7. The van der Waals surface area contributed by atoms with Crippen molar-refractivity contribution < 1.29 is 22.5 Å². The molecule has 0 unspecified atom stereocenters. The van der Waals surface area contributed by atoms with E-state index in [4.69, 9.17) is 14.1 Å². The molecule has 3 rings (SSSR count). The molecule has 7 nitrogen and oxygen atoms in total. The molecular formula is C15H17BrN2O5S. The lowest BCUT2D eigenvalue weighted by atomic mass is 10.1. The summed E-state index contributed by atoms with van der Waals surface area (Å²) in [7, 11) is -3.62. The molecule has 130 valence electrons. The van der Waals surface area contributed by atoms with Crippen LogP contribution in [0.5, 0.6) is 5.75 Å². The Bertz CT molecular complexity index is 888. The molecule has 0 radical (unpaired) electrons. The van der Waals surface area contributed by atoms with Crippen molar-refractivity contribution in [1.82, 2.24) is 5.16 Å². The molecule has 0 atom stereocenters. The van der Waals surface area contributed by atoms with E-state index in [0.717, 1.165) is 0 Å². The second-order valence-electron chi connectivity index (χ2n) is 6.10. The maximum absolute atomic E-state index is 12.6. The van der Waals surface area contributed by atoms with E-state index in [1.165, 1.54) is 0 Å². The van der Waals surface area contributed by atoms with E-state index in [9.17, 15) is 8.42 Å². The van der Waals surface area contributed by atoms with Gasteiger partial charge in [-0.1, -0.05) is 26.2 Å². The second-order valence-corrected chi connectivity index (χ2v) is 8.88. The summed E-state index contributed by atoms with van der Waals surface area (Å²) < 4.78 is 35.9. The molecular weight excluding hydrogens is 400 g/mol. The van der Waals surface area contributed by atoms with Crippen LogP contribution in [0.15, 0.2) is 27.9 Å². The highest BCUT2D eigenvalue weighted by molar-refractivity contribution is 9.09. The van der Waals surface area contributed by atoms with Gasteiger partial charge in [0, 0.05) is 17.1 Å². The fraction of sp³-hybridized carbons (Fsp3) is 0.467. The Morgan fingerprint density at radius 1 is 1.38 bits per heavy atom. The molecule has 0 bridgehead atoms. The molecule has 1 aromatic carbocycles. The molecule has 24 heavy (non-hydrogen) atoms. The monoisotopic (exact) mass is 416 g/mol. The molecule has 2 aromatic rings. The molecule has 1 aliphatic heterocycles. The summed E-state index contributed by atoms with van der Waals surface area (Å²) >= 11 is 3.29. The lowest BCUT2D eigenvalue weighted by Gasteiger charge is -2.13. The van der Waals surface area contributed by atoms with Crippen molar-refractivity contribution in [3.8, 4) is 5.75 Å². The number of rotatable bonds is 5. The number of halogens is 1. The Labute approximate surface area is 148 Å². The first-order chi connectivity index (χ1) is 11.3. The smallest absolute Gasteiger partial charge is 0.200 e. The number of benzene rings is 1. The van der Waals surface area contributed by atoms with Gasteiger partial charge in [0.15, 0.2) is 10.6 Å². The van der Waals surface area contributed by atoms with Gasteiger partial charge in [0.25, 0.3) is 0 Å². The summed E-state index contributed by atoms with van der Waals surface area (Å²) in [5.74, 6) is 0.339. The number of sulfone groups is 1. The standard InChI is InChI=1S/C15H17BrN2O5S/c1-15(2)8-14(18-23-15)24(19,20)9-12-11-7-10(21-6-5-16)3-4-13(11)22-17-12/h3-4,7H,5-6,8-9H2,1-2H3. The Morgan fingerprint density at radius 3 is 2.83 bits per heavy atom. The first-order valence-electron chi connectivity index (χ1n) is 7.36. The highest BCUT2D eigenvalue weighted by Crippen LogP contribution is 2.29. The third kappa shape index (κ3) is 3.56. The van der Waals surface area contributed by atoms with Crippen molar-refractivity contribution in [1.29, 1.82) is 0 Å². The summed E-state index contributed by atoms with van der Waals surface area (Å²) in [4.78, 5) is 5.15. The number of nitrogens with zero attached hydrogens (tertiary/aromatic N) is 2. The molecule has 1 aliphatic rings. The molecule has 9 heteroatoms. The van der Waals surface area contributed by atoms with Crippen molar-refractivity contribution >= 4 is 41.8 Å². The van der Waals surface area contributed by atoms with Gasteiger partial charge in [-0.2, -0.15) is 0 Å². The minimum atomic E-state index is -3.62. The van der Waals surface area contributed by atoms with Gasteiger partial charge < -0.3 is 14.1 Å². The molecule has 0 amide bonds. The zero-order chi connectivity index (χ0) is 17.4. The SMILES string of the molecule is CC1(C)CC(S(=O)(=O)Cc2noc3ccc(OCCBr)cc23)=NO1. The minimum absolute atomic E-state index is 0.0374. The van der Waals surface area contributed by atoms with Crippen LogP contribution >= 0.6 is 15.9 Å². The molecule has 2 heterocycles.